The predicted octanol–water partition coefficient (Wildman–Crippen LogP) is 1.08. The number of nitrogens with zero attached hydrogens (tertiary/aromatic N) is 4. The van der Waals surface area contributed by atoms with Crippen LogP contribution in [0.4, 0.5) is 0 Å². The van der Waals surface area contributed by atoms with E-state index in [4.69, 9.17) is 5.11 Å². The summed E-state index contributed by atoms with van der Waals surface area (Å²) in [6.45, 7) is 7.61. The third kappa shape index (κ3) is 11.2. The fraction of sp³-hybridized carbons (Fsp3) is 0.526. The molecule has 0 saturated carbocycles. The monoisotopic (exact) mass is 778 g/mol. The Hall–Kier alpha value is -4.62. The lowest BCUT2D eigenvalue weighted by molar-refractivity contribution is -0.0805. The number of aliphatic hydroxyl groups excluding tert-OH is 7. The Balaban J connectivity index is 0.00000101. The maximum atomic E-state index is 12.7. The van der Waals surface area contributed by atoms with Crippen LogP contribution in [0.25, 0.3) is 22.1 Å². The zero-order chi connectivity index (χ0) is 39.2. The molecule has 0 spiro atoms. The first-order valence-corrected chi connectivity index (χ1v) is 16.3. The molecule has 6 atom stereocenters. The molecule has 0 unspecified atom stereocenters. The van der Waals surface area contributed by atoms with Gasteiger partial charge in [0.25, 0.3) is 11.1 Å². The summed E-state index contributed by atoms with van der Waals surface area (Å²) in [4.78, 5) is 57.4. The van der Waals surface area contributed by atoms with Crippen molar-refractivity contribution in [1.82, 2.24) is 19.1 Å². The zero-order valence-corrected chi connectivity index (χ0v) is 30.0. The molecule has 17 nitrogen and oxygen atoms in total. The Bertz CT molecular complexity index is 1900. The second-order valence-corrected chi connectivity index (χ2v) is 12.4. The van der Waals surface area contributed by atoms with Crippen molar-refractivity contribution >= 4 is 34.0 Å². The highest BCUT2D eigenvalue weighted by atomic mass is 16.5. The van der Waals surface area contributed by atoms with Crippen LogP contribution in [-0.2, 0) is 22.6 Å². The minimum absolute atomic E-state index is 0. The number of aryl methyl sites for hydroxylation is 4. The van der Waals surface area contributed by atoms with Crippen molar-refractivity contribution in [1.29, 1.82) is 0 Å². The number of esters is 2. The first-order valence-electron chi connectivity index (χ1n) is 16.3. The molecule has 0 radical (unpaired) electrons. The topological polar surface area (TPSA) is 264 Å². The van der Waals surface area contributed by atoms with Crippen molar-refractivity contribution in [2.75, 3.05) is 20.8 Å². The molecule has 0 aliphatic carbocycles. The van der Waals surface area contributed by atoms with Crippen molar-refractivity contribution in [2.45, 2.75) is 113 Å². The van der Waals surface area contributed by atoms with Gasteiger partial charge in [-0.3, -0.25) is 9.59 Å². The SMILES string of the molecule is C.C.C.CC[C@@H](O)[C@@H](O)[C@@H](O)Cn1c(=O)c(C(=O)OC)nc2cc(C)c(C)cc21.COC(=O)c1nc2cc(C)c(C)cc2n(C[C@H](O)[C@H](O)[C@H](O)CO)c1=O. The molecule has 17 heteroatoms. The molecule has 2 aromatic carbocycles. The average molecular weight is 779 g/mol. The molecule has 0 aliphatic heterocycles. The van der Waals surface area contributed by atoms with Crippen LogP contribution in [0.2, 0.25) is 0 Å². The highest BCUT2D eigenvalue weighted by molar-refractivity contribution is 5.90. The summed E-state index contributed by atoms with van der Waals surface area (Å²) < 4.78 is 11.5. The molecule has 0 saturated heterocycles. The third-order valence-corrected chi connectivity index (χ3v) is 8.80. The molecular weight excluding hydrogens is 720 g/mol. The maximum Gasteiger partial charge on any atom is 0.362 e. The number of aromatic nitrogens is 4. The van der Waals surface area contributed by atoms with Crippen molar-refractivity contribution < 1.29 is 54.8 Å². The van der Waals surface area contributed by atoms with Gasteiger partial charge >= 0.3 is 11.9 Å². The van der Waals surface area contributed by atoms with Gasteiger partial charge in [0.2, 0.25) is 11.4 Å². The Morgan fingerprint density at radius 1 is 0.618 bits per heavy atom. The van der Waals surface area contributed by atoms with E-state index in [1.165, 1.54) is 4.57 Å². The number of carbonyl (C=O) groups excluding carboxylic acids is 2. The van der Waals surface area contributed by atoms with Gasteiger partial charge in [0.15, 0.2) is 0 Å². The summed E-state index contributed by atoms with van der Waals surface area (Å²) in [5.74, 6) is -1.80. The predicted molar refractivity (Wildman–Crippen MR) is 207 cm³/mol. The van der Waals surface area contributed by atoms with Gasteiger partial charge in [-0.1, -0.05) is 29.2 Å². The highest BCUT2D eigenvalue weighted by Gasteiger charge is 2.28. The van der Waals surface area contributed by atoms with E-state index in [0.717, 1.165) is 41.0 Å². The standard InChI is InChI=1S/C18H24N2O6.C17H22N2O7.3CH4/c1-5-13(21)16(23)14(22)8-20-12-7-10(3)9(2)6-11(12)19-15(17(20)24)18(25)26-4;1-8-4-10-11(5-9(8)2)19(6-12(21)15(23)13(22)7-20)16(24)14(18-10)17(25)26-3;;;/h6-7,13-14,16,21-23H,5,8H2,1-4H3;4-5,12-13,15,20-23H,6-7H2,1-3H3;3*1H4/t13-,14+,16-;12-,13+,15-;;;/m10.../s1. The van der Waals surface area contributed by atoms with Gasteiger partial charge in [0, 0.05) is 0 Å². The number of rotatable bonds is 12. The van der Waals surface area contributed by atoms with E-state index in [0.29, 0.717) is 22.1 Å². The number of ether oxygens (including phenoxy) is 2. The van der Waals surface area contributed by atoms with Crippen LogP contribution in [0.5, 0.6) is 0 Å². The fourth-order valence-corrected chi connectivity index (χ4v) is 5.27. The summed E-state index contributed by atoms with van der Waals surface area (Å²) in [6.07, 6.45) is -8.52. The van der Waals surface area contributed by atoms with Gasteiger partial charge in [-0.05, 0) is 80.6 Å². The minimum atomic E-state index is -1.68. The van der Waals surface area contributed by atoms with E-state index in [-0.39, 0.29) is 35.2 Å². The normalized spacial score (nSPS) is 14.1. The van der Waals surface area contributed by atoms with E-state index < -0.39 is 84.2 Å². The van der Waals surface area contributed by atoms with Gasteiger partial charge in [0.05, 0.1) is 62.1 Å². The summed E-state index contributed by atoms with van der Waals surface area (Å²) in [7, 11) is 2.27. The van der Waals surface area contributed by atoms with Crippen molar-refractivity contribution in [3.63, 3.8) is 0 Å². The number of methoxy groups -OCH3 is 2. The highest BCUT2D eigenvalue weighted by Crippen LogP contribution is 2.20. The first-order chi connectivity index (χ1) is 24.4. The molecule has 4 rings (SSSR count). The van der Waals surface area contributed by atoms with E-state index in [1.54, 1.807) is 31.2 Å². The molecule has 2 aromatic heterocycles. The Labute approximate surface area is 320 Å². The molecule has 0 aliphatic rings. The number of hydrogen-bond donors (Lipinski definition) is 7. The molecule has 0 bridgehead atoms. The smallest absolute Gasteiger partial charge is 0.362 e. The molecule has 55 heavy (non-hydrogen) atoms. The maximum absolute atomic E-state index is 12.7. The van der Waals surface area contributed by atoms with Crippen LogP contribution >= 0.6 is 0 Å². The van der Waals surface area contributed by atoms with Crippen molar-refractivity contribution in [3.05, 3.63) is 78.6 Å². The fourth-order valence-electron chi connectivity index (χ4n) is 5.27. The molecule has 0 fully saturated rings. The number of fused-ring (bicyclic) bond motifs is 2. The van der Waals surface area contributed by atoms with Gasteiger partial charge in [-0.25, -0.2) is 19.6 Å². The summed E-state index contributed by atoms with van der Waals surface area (Å²) >= 11 is 0. The second kappa shape index (κ2) is 21.5. The molecule has 0 amide bonds. The van der Waals surface area contributed by atoms with Crippen molar-refractivity contribution in [2.24, 2.45) is 0 Å². The quantitative estimate of drug-likeness (QED) is 0.0993. The first kappa shape index (κ1) is 50.4. The summed E-state index contributed by atoms with van der Waals surface area (Å²) in [6, 6.07) is 6.84. The molecular formula is C38H58N4O13. The molecule has 308 valence electrons. The molecule has 4 aromatic rings. The number of hydrogen-bond acceptors (Lipinski definition) is 15. The van der Waals surface area contributed by atoms with Crippen LogP contribution in [0.15, 0.2) is 33.9 Å². The number of carbonyl (C=O) groups is 2. The van der Waals surface area contributed by atoms with Crippen LogP contribution in [-0.4, -0.2) is 124 Å². The van der Waals surface area contributed by atoms with Gasteiger partial charge in [0.1, 0.15) is 30.5 Å². The van der Waals surface area contributed by atoms with E-state index in [1.807, 2.05) is 27.7 Å². The van der Waals surface area contributed by atoms with E-state index >= 15 is 0 Å². The van der Waals surface area contributed by atoms with E-state index in [9.17, 15) is 49.8 Å². The van der Waals surface area contributed by atoms with Gasteiger partial charge in [-0.2, -0.15) is 0 Å². The summed E-state index contributed by atoms with van der Waals surface area (Å²) in [5, 5.41) is 68.4. The lowest BCUT2D eigenvalue weighted by Gasteiger charge is -2.23. The summed E-state index contributed by atoms with van der Waals surface area (Å²) in [5.41, 5.74) is 2.72. The Morgan fingerprint density at radius 2 is 0.945 bits per heavy atom. The largest absolute Gasteiger partial charge is 0.464 e. The van der Waals surface area contributed by atoms with Crippen LogP contribution < -0.4 is 11.1 Å². The number of aliphatic hydroxyl groups is 7. The molecule has 7 N–H and O–H groups in total. The van der Waals surface area contributed by atoms with Crippen LogP contribution in [0, 0.1) is 27.7 Å². The van der Waals surface area contributed by atoms with Crippen LogP contribution in [0.1, 0.15) is 78.9 Å². The molecule has 2 heterocycles. The Morgan fingerprint density at radius 3 is 1.25 bits per heavy atom. The van der Waals surface area contributed by atoms with Gasteiger partial charge < -0.3 is 54.4 Å². The Kier molecular flexibility index (Phi) is 19.7. The van der Waals surface area contributed by atoms with Crippen molar-refractivity contribution in [3.8, 4) is 0 Å². The minimum Gasteiger partial charge on any atom is -0.464 e. The third-order valence-electron chi connectivity index (χ3n) is 8.80. The zero-order valence-electron chi connectivity index (χ0n) is 30.0. The van der Waals surface area contributed by atoms with Gasteiger partial charge in [-0.15, -0.1) is 0 Å². The second-order valence-electron chi connectivity index (χ2n) is 12.4. The van der Waals surface area contributed by atoms with Crippen LogP contribution in [0.3, 0.4) is 0 Å². The lowest BCUT2D eigenvalue weighted by Crippen LogP contribution is -2.43. The lowest BCUT2D eigenvalue weighted by atomic mass is 10.1. The average Bonchev–Trinajstić information content (AvgIpc) is 3.13. The van der Waals surface area contributed by atoms with E-state index in [2.05, 4.69) is 19.4 Å². The number of benzene rings is 2.